The maximum Gasteiger partial charge on any atom is 0.307 e. The van der Waals surface area contributed by atoms with Crippen molar-refractivity contribution in [2.75, 3.05) is 6.54 Å². The van der Waals surface area contributed by atoms with Gasteiger partial charge in [0.15, 0.2) is 0 Å². The van der Waals surface area contributed by atoms with Crippen LogP contribution in [0.3, 0.4) is 0 Å². The molecule has 0 aromatic heterocycles. The number of piperidine rings is 1. The second-order valence-corrected chi connectivity index (χ2v) is 5.94. The molecule has 0 spiro atoms. The Bertz CT molecular complexity index is 628. The highest BCUT2D eigenvalue weighted by Crippen LogP contribution is 2.37. The summed E-state index contributed by atoms with van der Waals surface area (Å²) < 4.78 is 13.8. The molecule has 0 saturated carbocycles. The molecule has 3 rings (SSSR count). The second-order valence-electron chi connectivity index (χ2n) is 5.94. The number of likely N-dealkylation sites (tertiary alicyclic amines) is 1. The van der Waals surface area contributed by atoms with Gasteiger partial charge in [-0.3, -0.25) is 9.59 Å². The molecule has 1 heterocycles. The van der Waals surface area contributed by atoms with Crippen molar-refractivity contribution < 1.29 is 19.1 Å². The first-order chi connectivity index (χ1) is 10.6. The van der Waals surface area contributed by atoms with E-state index in [1.165, 1.54) is 6.07 Å². The van der Waals surface area contributed by atoms with Crippen LogP contribution in [0.15, 0.2) is 36.4 Å². The average molecular weight is 303 g/mol. The predicted octanol–water partition coefficient (Wildman–Crippen LogP) is 2.45. The van der Waals surface area contributed by atoms with E-state index in [4.69, 9.17) is 0 Å². The number of aliphatic carboxylic acids is 1. The lowest BCUT2D eigenvalue weighted by atomic mass is 9.71. The Morgan fingerprint density at radius 1 is 1.36 bits per heavy atom. The Balaban J connectivity index is 1.81. The van der Waals surface area contributed by atoms with E-state index in [1.54, 1.807) is 23.1 Å². The number of carbonyl (C=O) groups excluding carboxylic acids is 1. The minimum atomic E-state index is -0.930. The van der Waals surface area contributed by atoms with Gasteiger partial charge in [0.1, 0.15) is 5.82 Å². The Morgan fingerprint density at radius 2 is 2.14 bits per heavy atom. The molecule has 1 N–H and O–H groups in total. The summed E-state index contributed by atoms with van der Waals surface area (Å²) in [4.78, 5) is 25.7. The molecule has 5 heteroatoms. The normalized spacial score (nSPS) is 27.6. The van der Waals surface area contributed by atoms with Crippen LogP contribution in [0.5, 0.6) is 0 Å². The van der Waals surface area contributed by atoms with E-state index in [0.29, 0.717) is 18.5 Å². The maximum atomic E-state index is 13.8. The van der Waals surface area contributed by atoms with Crippen LogP contribution in [-0.4, -0.2) is 28.4 Å². The molecule has 1 aliphatic heterocycles. The minimum Gasteiger partial charge on any atom is -0.481 e. The number of fused-ring (bicyclic) bond motifs is 1. The van der Waals surface area contributed by atoms with Gasteiger partial charge in [-0.05, 0) is 24.8 Å². The summed E-state index contributed by atoms with van der Waals surface area (Å²) in [6, 6.07) is 6.37. The van der Waals surface area contributed by atoms with Crippen LogP contribution in [0.25, 0.3) is 0 Å². The molecule has 116 valence electrons. The number of hydrogen-bond acceptors (Lipinski definition) is 2. The number of rotatable bonds is 3. The van der Waals surface area contributed by atoms with Crippen molar-refractivity contribution in [2.24, 2.45) is 17.8 Å². The molecule has 0 unspecified atom stereocenters. The van der Waals surface area contributed by atoms with E-state index >= 15 is 0 Å². The van der Waals surface area contributed by atoms with Crippen LogP contribution in [0.1, 0.15) is 18.4 Å². The number of benzene rings is 1. The van der Waals surface area contributed by atoms with Crippen LogP contribution < -0.4 is 0 Å². The number of amides is 1. The van der Waals surface area contributed by atoms with Gasteiger partial charge in [-0.2, -0.15) is 0 Å². The fourth-order valence-electron chi connectivity index (χ4n) is 3.47. The molecule has 1 aliphatic carbocycles. The average Bonchev–Trinajstić information content (AvgIpc) is 2.51. The largest absolute Gasteiger partial charge is 0.481 e. The monoisotopic (exact) mass is 303 g/mol. The quantitative estimate of drug-likeness (QED) is 0.873. The number of hydrogen-bond donors (Lipinski definition) is 1. The molecule has 1 aromatic rings. The highest BCUT2D eigenvalue weighted by molar-refractivity contribution is 5.86. The summed E-state index contributed by atoms with van der Waals surface area (Å²) in [5, 5.41) is 9.35. The molecule has 0 radical (unpaired) electrons. The Kier molecular flexibility index (Phi) is 3.96. The van der Waals surface area contributed by atoms with E-state index in [9.17, 15) is 19.1 Å². The highest BCUT2D eigenvalue weighted by atomic mass is 19.1. The molecule has 1 fully saturated rings. The van der Waals surface area contributed by atoms with Crippen molar-refractivity contribution in [3.8, 4) is 0 Å². The van der Waals surface area contributed by atoms with Gasteiger partial charge >= 0.3 is 5.97 Å². The third kappa shape index (κ3) is 2.63. The van der Waals surface area contributed by atoms with Gasteiger partial charge in [-0.1, -0.05) is 30.4 Å². The molecule has 2 aliphatic rings. The lowest BCUT2D eigenvalue weighted by Crippen LogP contribution is -2.50. The zero-order valence-corrected chi connectivity index (χ0v) is 12.1. The standard InChI is InChI=1S/C17H18FNO3/c18-14-7-2-1-4-12(14)10-19-9-8-11-5-3-6-13(17(21)22)15(11)16(19)20/h1-5,7,11,13,15H,6,8-10H2,(H,21,22)/t11-,13-,15+/m0/s1. The number of allylic oxidation sites excluding steroid dienone is 2. The van der Waals surface area contributed by atoms with Gasteiger partial charge < -0.3 is 10.0 Å². The Labute approximate surface area is 128 Å². The zero-order valence-electron chi connectivity index (χ0n) is 12.1. The van der Waals surface area contributed by atoms with E-state index < -0.39 is 17.8 Å². The van der Waals surface area contributed by atoms with E-state index in [-0.39, 0.29) is 24.2 Å². The van der Waals surface area contributed by atoms with Crippen LogP contribution in [0, 0.1) is 23.6 Å². The lowest BCUT2D eigenvalue weighted by Gasteiger charge is -2.40. The first-order valence-electron chi connectivity index (χ1n) is 7.49. The molecule has 1 saturated heterocycles. The first-order valence-corrected chi connectivity index (χ1v) is 7.49. The molecule has 1 amide bonds. The molecule has 1 aromatic carbocycles. The van der Waals surface area contributed by atoms with Gasteiger partial charge in [-0.15, -0.1) is 0 Å². The highest BCUT2D eigenvalue weighted by Gasteiger charge is 2.44. The van der Waals surface area contributed by atoms with Crippen LogP contribution in [0.4, 0.5) is 4.39 Å². The van der Waals surface area contributed by atoms with Gasteiger partial charge in [0.2, 0.25) is 5.91 Å². The minimum absolute atomic E-state index is 0.0146. The molecule has 4 nitrogen and oxygen atoms in total. The van der Waals surface area contributed by atoms with E-state index in [1.807, 2.05) is 12.2 Å². The summed E-state index contributed by atoms with van der Waals surface area (Å²) >= 11 is 0. The van der Waals surface area contributed by atoms with Crippen LogP contribution in [0.2, 0.25) is 0 Å². The van der Waals surface area contributed by atoms with E-state index in [0.717, 1.165) is 6.42 Å². The van der Waals surface area contributed by atoms with Crippen molar-refractivity contribution in [3.63, 3.8) is 0 Å². The van der Waals surface area contributed by atoms with Crippen molar-refractivity contribution in [1.29, 1.82) is 0 Å². The fourth-order valence-corrected chi connectivity index (χ4v) is 3.47. The van der Waals surface area contributed by atoms with Gasteiger partial charge in [0, 0.05) is 18.7 Å². The number of halogens is 1. The smallest absolute Gasteiger partial charge is 0.307 e. The van der Waals surface area contributed by atoms with Crippen molar-refractivity contribution >= 4 is 11.9 Å². The summed E-state index contributed by atoms with van der Waals surface area (Å²) in [6.07, 6.45) is 4.93. The van der Waals surface area contributed by atoms with Gasteiger partial charge in [0.05, 0.1) is 11.8 Å². The summed E-state index contributed by atoms with van der Waals surface area (Å²) in [5.41, 5.74) is 0.465. The number of nitrogens with zero attached hydrogens (tertiary/aromatic N) is 1. The van der Waals surface area contributed by atoms with Gasteiger partial charge in [0.25, 0.3) is 0 Å². The van der Waals surface area contributed by atoms with Crippen molar-refractivity contribution in [2.45, 2.75) is 19.4 Å². The zero-order chi connectivity index (χ0) is 15.7. The van der Waals surface area contributed by atoms with Crippen LogP contribution >= 0.6 is 0 Å². The molecular formula is C17H18FNO3. The number of carboxylic acids is 1. The summed E-state index contributed by atoms with van der Waals surface area (Å²) in [5.74, 6) is -2.65. The molecular weight excluding hydrogens is 285 g/mol. The number of carboxylic acid groups (broad SMARTS) is 1. The molecule has 22 heavy (non-hydrogen) atoms. The topological polar surface area (TPSA) is 57.6 Å². The maximum absolute atomic E-state index is 13.8. The third-order valence-corrected chi connectivity index (χ3v) is 4.63. The fraction of sp³-hybridized carbons (Fsp3) is 0.412. The molecule has 0 bridgehead atoms. The summed E-state index contributed by atoms with van der Waals surface area (Å²) in [7, 11) is 0. The Morgan fingerprint density at radius 3 is 2.86 bits per heavy atom. The number of carbonyl (C=O) groups is 2. The predicted molar refractivity (Wildman–Crippen MR) is 78.3 cm³/mol. The van der Waals surface area contributed by atoms with E-state index in [2.05, 4.69) is 0 Å². The van der Waals surface area contributed by atoms with Crippen molar-refractivity contribution in [1.82, 2.24) is 4.90 Å². The molecule has 3 atom stereocenters. The van der Waals surface area contributed by atoms with Crippen LogP contribution in [-0.2, 0) is 16.1 Å². The van der Waals surface area contributed by atoms with Crippen molar-refractivity contribution in [3.05, 3.63) is 47.8 Å². The lowest BCUT2D eigenvalue weighted by molar-refractivity contribution is -0.155. The summed E-state index contributed by atoms with van der Waals surface area (Å²) in [6.45, 7) is 0.732. The Hall–Kier alpha value is -2.17. The second kappa shape index (κ2) is 5.91. The third-order valence-electron chi connectivity index (χ3n) is 4.63. The first kappa shape index (κ1) is 14.8. The van der Waals surface area contributed by atoms with Gasteiger partial charge in [-0.25, -0.2) is 4.39 Å². The SMILES string of the molecule is O=C(O)[C@H]1CC=C[C@H]2CCN(Cc3ccccc3F)C(=O)[C@@H]12.